The van der Waals surface area contributed by atoms with Crippen LogP contribution in [0.4, 0.5) is 5.82 Å². The molecule has 1 aromatic heterocycles. The van der Waals surface area contributed by atoms with Crippen LogP contribution in [0.25, 0.3) is 0 Å². The number of aromatic nitrogens is 1. The Balaban J connectivity index is 0.00000288. The van der Waals surface area contributed by atoms with Gasteiger partial charge < -0.3 is 15.5 Å². The van der Waals surface area contributed by atoms with Crippen LogP contribution in [0.5, 0.6) is 0 Å². The minimum atomic E-state index is 0. The van der Waals surface area contributed by atoms with Gasteiger partial charge in [-0.05, 0) is 30.9 Å². The van der Waals surface area contributed by atoms with Crippen molar-refractivity contribution < 1.29 is 0 Å². The van der Waals surface area contributed by atoms with Crippen LogP contribution >= 0.6 is 24.0 Å². The van der Waals surface area contributed by atoms with Crippen molar-refractivity contribution >= 4 is 35.8 Å². The number of hydrogen-bond acceptors (Lipinski definition) is 3. The van der Waals surface area contributed by atoms with E-state index < -0.39 is 0 Å². The molecule has 6 heteroatoms. The SMILES string of the molecule is CCCCNC(=NC)NCc1ccc(N2CCCCCC2)nc1.I. The lowest BCUT2D eigenvalue weighted by molar-refractivity contribution is 0.726. The zero-order chi connectivity index (χ0) is 16.3. The fourth-order valence-electron chi connectivity index (χ4n) is 2.80. The van der Waals surface area contributed by atoms with Gasteiger partial charge in [-0.15, -0.1) is 24.0 Å². The number of unbranched alkanes of at least 4 members (excludes halogenated alkanes) is 1. The van der Waals surface area contributed by atoms with Crippen LogP contribution in [0.1, 0.15) is 51.0 Å². The summed E-state index contributed by atoms with van der Waals surface area (Å²) in [4.78, 5) is 11.3. The number of aliphatic imine (C=N–C) groups is 1. The van der Waals surface area contributed by atoms with Crippen LogP contribution in [0, 0.1) is 0 Å². The van der Waals surface area contributed by atoms with E-state index in [1.165, 1.54) is 37.7 Å². The first kappa shape index (κ1) is 21.0. The van der Waals surface area contributed by atoms with Crippen molar-refractivity contribution in [2.24, 2.45) is 4.99 Å². The molecule has 1 saturated heterocycles. The zero-order valence-electron chi connectivity index (χ0n) is 15.1. The van der Waals surface area contributed by atoms with Crippen LogP contribution < -0.4 is 15.5 Å². The van der Waals surface area contributed by atoms with Crippen molar-refractivity contribution in [2.75, 3.05) is 31.6 Å². The van der Waals surface area contributed by atoms with Gasteiger partial charge in [0.05, 0.1) is 0 Å². The highest BCUT2D eigenvalue weighted by Crippen LogP contribution is 2.17. The van der Waals surface area contributed by atoms with Gasteiger partial charge in [0.25, 0.3) is 0 Å². The summed E-state index contributed by atoms with van der Waals surface area (Å²) in [5.41, 5.74) is 1.18. The van der Waals surface area contributed by atoms with Gasteiger partial charge in [-0.3, -0.25) is 4.99 Å². The molecule has 2 rings (SSSR count). The van der Waals surface area contributed by atoms with E-state index in [9.17, 15) is 0 Å². The molecule has 0 aromatic carbocycles. The fraction of sp³-hybridized carbons (Fsp3) is 0.667. The largest absolute Gasteiger partial charge is 0.357 e. The molecule has 0 unspecified atom stereocenters. The minimum absolute atomic E-state index is 0. The molecular weight excluding hydrogens is 413 g/mol. The molecule has 0 bridgehead atoms. The van der Waals surface area contributed by atoms with E-state index in [-0.39, 0.29) is 24.0 Å². The van der Waals surface area contributed by atoms with E-state index >= 15 is 0 Å². The molecule has 1 aliphatic heterocycles. The van der Waals surface area contributed by atoms with E-state index in [0.717, 1.165) is 44.4 Å². The molecule has 136 valence electrons. The van der Waals surface area contributed by atoms with Gasteiger partial charge in [0.1, 0.15) is 5.82 Å². The molecule has 1 aliphatic rings. The van der Waals surface area contributed by atoms with Crippen LogP contribution in [-0.2, 0) is 6.54 Å². The average molecular weight is 445 g/mol. The third-order valence-electron chi connectivity index (χ3n) is 4.25. The number of nitrogens with one attached hydrogen (secondary N) is 2. The Labute approximate surface area is 163 Å². The van der Waals surface area contributed by atoms with Crippen LogP contribution in [-0.4, -0.2) is 37.6 Å². The molecule has 0 aliphatic carbocycles. The van der Waals surface area contributed by atoms with Crippen molar-refractivity contribution in [3.05, 3.63) is 23.9 Å². The Hall–Kier alpha value is -1.05. The summed E-state index contributed by atoms with van der Waals surface area (Å²) >= 11 is 0. The summed E-state index contributed by atoms with van der Waals surface area (Å²) in [5.74, 6) is 1.97. The van der Waals surface area contributed by atoms with Crippen molar-refractivity contribution in [1.82, 2.24) is 15.6 Å². The van der Waals surface area contributed by atoms with Crippen LogP contribution in [0.3, 0.4) is 0 Å². The number of anilines is 1. The van der Waals surface area contributed by atoms with E-state index in [1.807, 2.05) is 13.2 Å². The van der Waals surface area contributed by atoms with Gasteiger partial charge >= 0.3 is 0 Å². The molecular formula is C18H32IN5. The number of halogens is 1. The summed E-state index contributed by atoms with van der Waals surface area (Å²) in [5, 5.41) is 6.66. The maximum absolute atomic E-state index is 4.65. The Bertz CT molecular complexity index is 467. The van der Waals surface area contributed by atoms with Gasteiger partial charge in [-0.25, -0.2) is 4.98 Å². The van der Waals surface area contributed by atoms with E-state index in [2.05, 4.69) is 44.6 Å². The molecule has 5 nitrogen and oxygen atoms in total. The summed E-state index contributed by atoms with van der Waals surface area (Å²) < 4.78 is 0. The minimum Gasteiger partial charge on any atom is -0.357 e. The molecule has 0 spiro atoms. The van der Waals surface area contributed by atoms with Crippen LogP contribution in [0.15, 0.2) is 23.3 Å². The highest BCUT2D eigenvalue weighted by atomic mass is 127. The van der Waals surface area contributed by atoms with Crippen molar-refractivity contribution in [3.63, 3.8) is 0 Å². The average Bonchev–Trinajstić information content (AvgIpc) is 2.88. The molecule has 2 N–H and O–H groups in total. The summed E-state index contributed by atoms with van der Waals surface area (Å²) in [6.07, 6.45) is 9.59. The molecule has 0 amide bonds. The second kappa shape index (κ2) is 12.3. The first-order valence-electron chi connectivity index (χ1n) is 8.98. The molecule has 1 fully saturated rings. The number of pyridine rings is 1. The van der Waals surface area contributed by atoms with E-state index in [0.29, 0.717) is 0 Å². The van der Waals surface area contributed by atoms with E-state index in [4.69, 9.17) is 0 Å². The smallest absolute Gasteiger partial charge is 0.191 e. The first-order chi connectivity index (χ1) is 11.3. The number of rotatable bonds is 6. The standard InChI is InChI=1S/C18H31N5.HI/c1-3-4-11-20-18(19-2)22-15-16-9-10-17(21-14-16)23-12-7-5-6-8-13-23;/h9-10,14H,3-8,11-13,15H2,1-2H3,(H2,19,20,22);1H. The van der Waals surface area contributed by atoms with Gasteiger partial charge in [-0.1, -0.05) is 32.3 Å². The predicted octanol–water partition coefficient (Wildman–Crippen LogP) is 3.55. The molecule has 24 heavy (non-hydrogen) atoms. The monoisotopic (exact) mass is 445 g/mol. The first-order valence-corrected chi connectivity index (χ1v) is 8.98. The van der Waals surface area contributed by atoms with Crippen LogP contribution in [0.2, 0.25) is 0 Å². The molecule has 0 radical (unpaired) electrons. The highest BCUT2D eigenvalue weighted by molar-refractivity contribution is 14.0. The molecule has 1 aromatic rings. The lowest BCUT2D eigenvalue weighted by Gasteiger charge is -2.21. The number of nitrogens with zero attached hydrogens (tertiary/aromatic N) is 3. The quantitative estimate of drug-likeness (QED) is 0.305. The Morgan fingerprint density at radius 3 is 2.50 bits per heavy atom. The summed E-state index contributed by atoms with van der Waals surface area (Å²) in [7, 11) is 1.81. The normalized spacial score (nSPS) is 15.4. The van der Waals surface area contributed by atoms with Crippen molar-refractivity contribution in [3.8, 4) is 0 Å². The summed E-state index contributed by atoms with van der Waals surface area (Å²) in [6.45, 7) is 6.17. The highest BCUT2D eigenvalue weighted by Gasteiger charge is 2.10. The predicted molar refractivity (Wildman–Crippen MR) is 113 cm³/mol. The van der Waals surface area contributed by atoms with Gasteiger partial charge in [0.15, 0.2) is 5.96 Å². The Morgan fingerprint density at radius 2 is 1.92 bits per heavy atom. The number of guanidine groups is 1. The third kappa shape index (κ3) is 7.23. The van der Waals surface area contributed by atoms with Gasteiger partial charge in [0, 0.05) is 39.4 Å². The molecule has 0 atom stereocenters. The maximum Gasteiger partial charge on any atom is 0.191 e. The Kier molecular flexibility index (Phi) is 10.8. The Morgan fingerprint density at radius 1 is 1.17 bits per heavy atom. The second-order valence-electron chi connectivity index (χ2n) is 6.13. The maximum atomic E-state index is 4.65. The fourth-order valence-corrected chi connectivity index (χ4v) is 2.80. The van der Waals surface area contributed by atoms with Crippen molar-refractivity contribution in [2.45, 2.75) is 52.0 Å². The van der Waals surface area contributed by atoms with E-state index in [1.54, 1.807) is 0 Å². The van der Waals surface area contributed by atoms with Gasteiger partial charge in [0.2, 0.25) is 0 Å². The van der Waals surface area contributed by atoms with Gasteiger partial charge in [-0.2, -0.15) is 0 Å². The third-order valence-corrected chi connectivity index (χ3v) is 4.25. The lowest BCUT2D eigenvalue weighted by Crippen LogP contribution is -2.37. The lowest BCUT2D eigenvalue weighted by atomic mass is 10.2. The topological polar surface area (TPSA) is 52.6 Å². The second-order valence-corrected chi connectivity index (χ2v) is 6.13. The van der Waals surface area contributed by atoms with Crippen molar-refractivity contribution in [1.29, 1.82) is 0 Å². The molecule has 2 heterocycles. The number of hydrogen-bond donors (Lipinski definition) is 2. The molecule has 0 saturated carbocycles. The summed E-state index contributed by atoms with van der Waals surface area (Å²) in [6, 6.07) is 4.31. The zero-order valence-corrected chi connectivity index (χ0v) is 17.4.